The van der Waals surface area contributed by atoms with E-state index in [0.717, 1.165) is 38.4 Å². The lowest BCUT2D eigenvalue weighted by molar-refractivity contribution is 0.0599. The summed E-state index contributed by atoms with van der Waals surface area (Å²) in [6.45, 7) is 0. The van der Waals surface area contributed by atoms with Gasteiger partial charge in [-0.2, -0.15) is 0 Å². The first-order valence-corrected chi connectivity index (χ1v) is 8.84. The molecule has 0 heterocycles. The van der Waals surface area contributed by atoms with Crippen LogP contribution >= 0.6 is 15.9 Å². The molecule has 0 aliphatic rings. The third kappa shape index (κ3) is 3.64. The Morgan fingerprint density at radius 3 is 2.28 bits per heavy atom. The molecule has 0 radical (unpaired) electrons. The summed E-state index contributed by atoms with van der Waals surface area (Å²) in [5.41, 5.74) is -0.429. The van der Waals surface area contributed by atoms with E-state index in [-0.39, 0.29) is 15.7 Å². The van der Waals surface area contributed by atoms with E-state index in [4.69, 9.17) is 0 Å². The number of rotatable bonds is 4. The van der Waals surface area contributed by atoms with Gasteiger partial charge in [0.25, 0.3) is 10.0 Å². The van der Waals surface area contributed by atoms with Crippen molar-refractivity contribution in [1.82, 2.24) is 0 Å². The molecule has 0 fully saturated rings. The van der Waals surface area contributed by atoms with Gasteiger partial charge in [-0.1, -0.05) is 0 Å². The number of hydrogen-bond acceptors (Lipinski definition) is 4. The minimum Gasteiger partial charge on any atom is -0.465 e. The van der Waals surface area contributed by atoms with Crippen LogP contribution in [0.25, 0.3) is 0 Å². The number of hydrogen-bond donors (Lipinski definition) is 0. The number of halogens is 4. The predicted octanol–water partition coefficient (Wildman–Crippen LogP) is 3.48. The topological polar surface area (TPSA) is 63.7 Å². The lowest BCUT2D eigenvalue weighted by atomic mass is 10.2. The molecular formula is C15H11BrF3NO4S. The predicted molar refractivity (Wildman–Crippen MR) is 87.4 cm³/mol. The molecular weight excluding hydrogens is 427 g/mol. The smallest absolute Gasteiger partial charge is 0.339 e. The fourth-order valence-electron chi connectivity index (χ4n) is 1.96. The van der Waals surface area contributed by atoms with Crippen molar-refractivity contribution < 1.29 is 31.1 Å². The lowest BCUT2D eigenvalue weighted by Crippen LogP contribution is -2.28. The highest BCUT2D eigenvalue weighted by atomic mass is 79.9. The molecule has 134 valence electrons. The van der Waals surface area contributed by atoms with E-state index in [2.05, 4.69) is 20.7 Å². The van der Waals surface area contributed by atoms with Gasteiger partial charge < -0.3 is 4.74 Å². The summed E-state index contributed by atoms with van der Waals surface area (Å²) in [6.07, 6.45) is 0. The van der Waals surface area contributed by atoms with Crippen LogP contribution in [0.1, 0.15) is 10.4 Å². The molecule has 0 atom stereocenters. The molecule has 0 bridgehead atoms. The molecule has 0 amide bonds. The van der Waals surface area contributed by atoms with Gasteiger partial charge in [0.15, 0.2) is 11.6 Å². The van der Waals surface area contributed by atoms with E-state index >= 15 is 0 Å². The Morgan fingerprint density at radius 1 is 1.08 bits per heavy atom. The molecule has 0 saturated heterocycles. The number of nitrogens with zero attached hydrogens (tertiary/aromatic N) is 1. The Morgan fingerprint density at radius 2 is 1.72 bits per heavy atom. The third-order valence-corrected chi connectivity index (χ3v) is 5.79. The number of methoxy groups -OCH3 is 1. The summed E-state index contributed by atoms with van der Waals surface area (Å²) in [4.78, 5) is 10.9. The maximum atomic E-state index is 14.2. The van der Waals surface area contributed by atoms with Crippen molar-refractivity contribution in [3.05, 3.63) is 57.8 Å². The van der Waals surface area contributed by atoms with E-state index in [9.17, 15) is 26.4 Å². The first kappa shape index (κ1) is 19.3. The van der Waals surface area contributed by atoms with Crippen molar-refractivity contribution in [2.75, 3.05) is 18.5 Å². The zero-order chi connectivity index (χ0) is 18.9. The number of esters is 1. The SMILES string of the molecule is COC(=O)c1cc(S(=O)(=O)N(C)c2ccc(F)c(F)c2)c(F)cc1Br. The molecule has 5 nitrogen and oxygen atoms in total. The molecule has 0 spiro atoms. The van der Waals surface area contributed by atoms with Crippen LogP contribution in [0.2, 0.25) is 0 Å². The van der Waals surface area contributed by atoms with Crippen molar-refractivity contribution in [2.24, 2.45) is 0 Å². The van der Waals surface area contributed by atoms with Crippen molar-refractivity contribution in [1.29, 1.82) is 0 Å². The Balaban J connectivity index is 2.58. The highest BCUT2D eigenvalue weighted by molar-refractivity contribution is 9.10. The molecule has 2 aromatic carbocycles. The summed E-state index contributed by atoms with van der Waals surface area (Å²) in [5.74, 6) is -4.42. The fraction of sp³-hybridized carbons (Fsp3) is 0.133. The van der Waals surface area contributed by atoms with Crippen LogP contribution in [-0.2, 0) is 14.8 Å². The zero-order valence-corrected chi connectivity index (χ0v) is 15.3. The van der Waals surface area contributed by atoms with Crippen LogP contribution in [0.4, 0.5) is 18.9 Å². The summed E-state index contributed by atoms with van der Waals surface area (Å²) in [5, 5.41) is 0. The minimum atomic E-state index is -4.49. The van der Waals surface area contributed by atoms with Crippen molar-refractivity contribution in [2.45, 2.75) is 4.90 Å². The van der Waals surface area contributed by atoms with Crippen LogP contribution in [0, 0.1) is 17.5 Å². The van der Waals surface area contributed by atoms with Crippen molar-refractivity contribution in [3.63, 3.8) is 0 Å². The van der Waals surface area contributed by atoms with Crippen LogP contribution in [-0.4, -0.2) is 28.5 Å². The molecule has 0 N–H and O–H groups in total. The van der Waals surface area contributed by atoms with Crippen LogP contribution < -0.4 is 4.31 Å². The summed E-state index contributed by atoms with van der Waals surface area (Å²) in [7, 11) is -2.37. The molecule has 2 aromatic rings. The first-order chi connectivity index (χ1) is 11.6. The van der Waals surface area contributed by atoms with Gasteiger partial charge in [-0.05, 0) is 40.2 Å². The molecule has 25 heavy (non-hydrogen) atoms. The molecule has 2 rings (SSSR count). The number of anilines is 1. The highest BCUT2D eigenvalue weighted by Gasteiger charge is 2.28. The standard InChI is InChI=1S/C15H11BrF3NO4S/c1-20(8-3-4-11(17)12(18)5-8)25(22,23)14-6-9(15(21)24-2)10(16)7-13(14)19/h3-7H,1-2H3. The number of benzene rings is 2. The molecule has 0 saturated carbocycles. The van der Waals surface area contributed by atoms with Gasteiger partial charge >= 0.3 is 5.97 Å². The molecule has 0 aliphatic carbocycles. The highest BCUT2D eigenvalue weighted by Crippen LogP contribution is 2.29. The maximum absolute atomic E-state index is 14.2. The molecule has 0 unspecified atom stereocenters. The number of carbonyl (C=O) groups excluding carboxylic acids is 1. The van der Waals surface area contributed by atoms with E-state index in [1.54, 1.807) is 0 Å². The Kier molecular flexibility index (Phi) is 5.43. The zero-order valence-electron chi connectivity index (χ0n) is 12.9. The summed E-state index contributed by atoms with van der Waals surface area (Å²) in [6, 6.07) is 4.03. The van der Waals surface area contributed by atoms with E-state index in [1.165, 1.54) is 0 Å². The largest absolute Gasteiger partial charge is 0.465 e. The average Bonchev–Trinajstić information content (AvgIpc) is 2.55. The van der Waals surface area contributed by atoms with E-state index in [1.807, 2.05) is 0 Å². The molecule has 0 aromatic heterocycles. The second-order valence-corrected chi connectivity index (χ2v) is 7.62. The number of ether oxygens (including phenoxy) is 1. The summed E-state index contributed by atoms with van der Waals surface area (Å²) >= 11 is 2.95. The molecule has 10 heteroatoms. The van der Waals surface area contributed by atoms with Gasteiger partial charge in [-0.15, -0.1) is 0 Å². The van der Waals surface area contributed by atoms with Gasteiger partial charge in [0.05, 0.1) is 18.4 Å². The fourth-order valence-corrected chi connectivity index (χ4v) is 3.70. The van der Waals surface area contributed by atoms with Gasteiger partial charge in [-0.25, -0.2) is 26.4 Å². The van der Waals surface area contributed by atoms with Crippen LogP contribution in [0.15, 0.2) is 39.7 Å². The van der Waals surface area contributed by atoms with E-state index < -0.39 is 38.3 Å². The minimum absolute atomic E-state index is 0.00581. The van der Waals surface area contributed by atoms with E-state index in [0.29, 0.717) is 10.4 Å². The van der Waals surface area contributed by atoms with Gasteiger partial charge in [-0.3, -0.25) is 4.31 Å². The van der Waals surface area contributed by atoms with Crippen LogP contribution in [0.5, 0.6) is 0 Å². The Labute approximate surface area is 150 Å². The summed E-state index contributed by atoms with van der Waals surface area (Å²) < 4.78 is 70.9. The van der Waals surface area contributed by atoms with Gasteiger partial charge in [0.1, 0.15) is 10.7 Å². The average molecular weight is 438 g/mol. The quantitative estimate of drug-likeness (QED) is 0.686. The molecule has 0 aliphatic heterocycles. The second kappa shape index (κ2) is 7.04. The van der Waals surface area contributed by atoms with Crippen molar-refractivity contribution >= 4 is 37.6 Å². The maximum Gasteiger partial charge on any atom is 0.339 e. The van der Waals surface area contributed by atoms with Crippen molar-refractivity contribution in [3.8, 4) is 0 Å². The number of sulfonamides is 1. The Bertz CT molecular complexity index is 950. The normalized spacial score (nSPS) is 11.3. The number of carbonyl (C=O) groups is 1. The first-order valence-electron chi connectivity index (χ1n) is 6.61. The van der Waals surface area contributed by atoms with Gasteiger partial charge in [0, 0.05) is 17.6 Å². The van der Waals surface area contributed by atoms with Gasteiger partial charge in [0.2, 0.25) is 0 Å². The third-order valence-electron chi connectivity index (χ3n) is 3.33. The second-order valence-electron chi connectivity index (χ2n) is 4.83. The monoisotopic (exact) mass is 437 g/mol. The lowest BCUT2D eigenvalue weighted by Gasteiger charge is -2.20. The van der Waals surface area contributed by atoms with Crippen LogP contribution in [0.3, 0.4) is 0 Å². The Hall–Kier alpha value is -2.07.